The van der Waals surface area contributed by atoms with E-state index in [9.17, 15) is 4.39 Å². The van der Waals surface area contributed by atoms with Gasteiger partial charge in [-0.1, -0.05) is 36.7 Å². The van der Waals surface area contributed by atoms with Crippen molar-refractivity contribution in [2.45, 2.75) is 26.5 Å². The molecule has 2 aromatic carbocycles. The number of ether oxygens (including phenoxy) is 2. The second kappa shape index (κ2) is 8.75. The Morgan fingerprint density at radius 1 is 1.17 bits per heavy atom. The lowest BCUT2D eigenvalue weighted by molar-refractivity contribution is 0.280. The molecular formula is C18H21ClFNO2. The number of hydrogen-bond acceptors (Lipinski definition) is 3. The summed E-state index contributed by atoms with van der Waals surface area (Å²) in [5.41, 5.74) is 1.74. The Labute approximate surface area is 141 Å². The maximum Gasteiger partial charge on any atom is 0.166 e. The van der Waals surface area contributed by atoms with Crippen molar-refractivity contribution in [2.24, 2.45) is 0 Å². The van der Waals surface area contributed by atoms with Gasteiger partial charge in [0.25, 0.3) is 0 Å². The quantitative estimate of drug-likeness (QED) is 0.716. The van der Waals surface area contributed by atoms with E-state index < -0.39 is 0 Å². The molecule has 5 heteroatoms. The zero-order valence-corrected chi connectivity index (χ0v) is 14.1. The predicted octanol–water partition coefficient (Wildman–Crippen LogP) is 4.57. The van der Waals surface area contributed by atoms with Crippen molar-refractivity contribution >= 4 is 11.6 Å². The highest BCUT2D eigenvalue weighted by Gasteiger charge is 2.12. The largest absolute Gasteiger partial charge is 0.493 e. The minimum atomic E-state index is -0.361. The van der Waals surface area contributed by atoms with Gasteiger partial charge in [-0.3, -0.25) is 0 Å². The van der Waals surface area contributed by atoms with Crippen LogP contribution in [0.3, 0.4) is 0 Å². The highest BCUT2D eigenvalue weighted by molar-refractivity contribution is 6.31. The summed E-state index contributed by atoms with van der Waals surface area (Å²) in [5.74, 6) is 0.985. The second-order valence-electron chi connectivity index (χ2n) is 5.15. The molecule has 0 atom stereocenters. The van der Waals surface area contributed by atoms with Crippen LogP contribution < -0.4 is 14.8 Å². The van der Waals surface area contributed by atoms with E-state index in [1.165, 1.54) is 12.1 Å². The Hall–Kier alpha value is -1.78. The summed E-state index contributed by atoms with van der Waals surface area (Å²) in [6, 6.07) is 10.1. The summed E-state index contributed by atoms with van der Waals surface area (Å²) in [6.07, 6.45) is 1.06. The number of benzene rings is 2. The van der Waals surface area contributed by atoms with Gasteiger partial charge in [0.15, 0.2) is 11.5 Å². The molecule has 0 aromatic heterocycles. The Morgan fingerprint density at radius 3 is 2.70 bits per heavy atom. The third kappa shape index (κ3) is 4.85. The van der Waals surface area contributed by atoms with E-state index in [0.717, 1.165) is 24.1 Å². The lowest BCUT2D eigenvalue weighted by Crippen LogP contribution is -2.15. The molecule has 0 amide bonds. The SMILES string of the molecule is CCCNCc1cccc(OC)c1OCc1ccc(F)cc1Cl. The Bertz CT molecular complexity index is 649. The fourth-order valence-electron chi connectivity index (χ4n) is 2.21. The smallest absolute Gasteiger partial charge is 0.166 e. The number of hydrogen-bond donors (Lipinski definition) is 1. The molecule has 23 heavy (non-hydrogen) atoms. The number of methoxy groups -OCH3 is 1. The van der Waals surface area contributed by atoms with Crippen LogP contribution in [0, 0.1) is 5.82 Å². The fourth-order valence-corrected chi connectivity index (χ4v) is 2.44. The first kappa shape index (κ1) is 17.6. The summed E-state index contributed by atoms with van der Waals surface area (Å²) in [5, 5.41) is 3.70. The number of para-hydroxylation sites is 1. The maximum atomic E-state index is 13.1. The van der Waals surface area contributed by atoms with Crippen molar-refractivity contribution < 1.29 is 13.9 Å². The molecule has 3 nitrogen and oxygen atoms in total. The monoisotopic (exact) mass is 337 g/mol. The standard InChI is InChI=1S/C18H21ClFNO2/c1-3-9-21-11-13-5-4-6-17(22-2)18(13)23-12-14-7-8-15(20)10-16(14)19/h4-8,10,21H,3,9,11-12H2,1-2H3. The molecule has 0 heterocycles. The maximum absolute atomic E-state index is 13.1. The predicted molar refractivity (Wildman–Crippen MR) is 90.7 cm³/mol. The van der Waals surface area contributed by atoms with Gasteiger partial charge in [0, 0.05) is 17.7 Å². The summed E-state index contributed by atoms with van der Waals surface area (Å²) >= 11 is 6.05. The first-order valence-corrected chi connectivity index (χ1v) is 7.96. The summed E-state index contributed by atoms with van der Waals surface area (Å²) < 4.78 is 24.4. The Kier molecular flexibility index (Phi) is 6.68. The van der Waals surface area contributed by atoms with Gasteiger partial charge in [-0.25, -0.2) is 4.39 Å². The minimum absolute atomic E-state index is 0.250. The lowest BCUT2D eigenvalue weighted by atomic mass is 10.1. The highest BCUT2D eigenvalue weighted by atomic mass is 35.5. The molecule has 0 unspecified atom stereocenters. The van der Waals surface area contributed by atoms with Crippen molar-refractivity contribution in [1.82, 2.24) is 5.32 Å². The normalized spacial score (nSPS) is 10.6. The lowest BCUT2D eigenvalue weighted by Gasteiger charge is -2.16. The topological polar surface area (TPSA) is 30.5 Å². The van der Waals surface area contributed by atoms with Gasteiger partial charge >= 0.3 is 0 Å². The Morgan fingerprint density at radius 2 is 2.00 bits per heavy atom. The van der Waals surface area contributed by atoms with Crippen molar-refractivity contribution in [3.63, 3.8) is 0 Å². The molecule has 0 aliphatic heterocycles. The average Bonchev–Trinajstić information content (AvgIpc) is 2.55. The molecule has 2 aromatic rings. The molecule has 0 fully saturated rings. The van der Waals surface area contributed by atoms with E-state index in [0.29, 0.717) is 23.1 Å². The molecule has 0 radical (unpaired) electrons. The van der Waals surface area contributed by atoms with Gasteiger partial charge in [0.2, 0.25) is 0 Å². The highest BCUT2D eigenvalue weighted by Crippen LogP contribution is 2.32. The molecule has 2 rings (SSSR count). The van der Waals surface area contributed by atoms with Gasteiger partial charge in [-0.15, -0.1) is 0 Å². The average molecular weight is 338 g/mol. The number of nitrogens with one attached hydrogen (secondary N) is 1. The number of halogens is 2. The van der Waals surface area contributed by atoms with Crippen LogP contribution in [0.2, 0.25) is 5.02 Å². The van der Waals surface area contributed by atoms with Crippen LogP contribution in [0.25, 0.3) is 0 Å². The van der Waals surface area contributed by atoms with Crippen molar-refractivity contribution in [3.8, 4) is 11.5 Å². The molecule has 124 valence electrons. The van der Waals surface area contributed by atoms with E-state index in [1.807, 2.05) is 18.2 Å². The third-order valence-electron chi connectivity index (χ3n) is 3.41. The molecule has 0 spiro atoms. The minimum Gasteiger partial charge on any atom is -0.493 e. The first-order valence-electron chi connectivity index (χ1n) is 7.59. The summed E-state index contributed by atoms with van der Waals surface area (Å²) in [7, 11) is 1.61. The van der Waals surface area contributed by atoms with Gasteiger partial charge in [-0.2, -0.15) is 0 Å². The molecule has 0 saturated carbocycles. The van der Waals surface area contributed by atoms with Gasteiger partial charge in [0.1, 0.15) is 12.4 Å². The fraction of sp³-hybridized carbons (Fsp3) is 0.333. The van der Waals surface area contributed by atoms with Crippen molar-refractivity contribution in [1.29, 1.82) is 0 Å². The van der Waals surface area contributed by atoms with Crippen LogP contribution in [0.1, 0.15) is 24.5 Å². The number of rotatable bonds is 8. The van der Waals surface area contributed by atoms with Crippen LogP contribution in [-0.2, 0) is 13.2 Å². The van der Waals surface area contributed by atoms with E-state index in [4.69, 9.17) is 21.1 Å². The van der Waals surface area contributed by atoms with E-state index in [2.05, 4.69) is 12.2 Å². The second-order valence-corrected chi connectivity index (χ2v) is 5.56. The van der Waals surface area contributed by atoms with Crippen LogP contribution >= 0.6 is 11.6 Å². The van der Waals surface area contributed by atoms with Gasteiger partial charge < -0.3 is 14.8 Å². The zero-order valence-electron chi connectivity index (χ0n) is 13.4. The Balaban J connectivity index is 2.16. The van der Waals surface area contributed by atoms with Crippen LogP contribution in [0.4, 0.5) is 4.39 Å². The van der Waals surface area contributed by atoms with Crippen molar-refractivity contribution in [2.75, 3.05) is 13.7 Å². The van der Waals surface area contributed by atoms with Crippen LogP contribution in [0.15, 0.2) is 36.4 Å². The van der Waals surface area contributed by atoms with Gasteiger partial charge in [-0.05, 0) is 31.2 Å². The van der Waals surface area contributed by atoms with Crippen LogP contribution in [0.5, 0.6) is 11.5 Å². The van der Waals surface area contributed by atoms with E-state index in [-0.39, 0.29) is 12.4 Å². The molecule has 0 aliphatic carbocycles. The molecular weight excluding hydrogens is 317 g/mol. The summed E-state index contributed by atoms with van der Waals surface area (Å²) in [4.78, 5) is 0. The summed E-state index contributed by atoms with van der Waals surface area (Å²) in [6.45, 7) is 3.99. The zero-order chi connectivity index (χ0) is 16.7. The van der Waals surface area contributed by atoms with Gasteiger partial charge in [0.05, 0.1) is 12.1 Å². The molecule has 0 aliphatic rings. The van der Waals surface area contributed by atoms with E-state index >= 15 is 0 Å². The molecule has 0 saturated heterocycles. The molecule has 1 N–H and O–H groups in total. The van der Waals surface area contributed by atoms with Crippen molar-refractivity contribution in [3.05, 3.63) is 58.4 Å². The van der Waals surface area contributed by atoms with E-state index in [1.54, 1.807) is 13.2 Å². The van der Waals surface area contributed by atoms with Crippen LogP contribution in [-0.4, -0.2) is 13.7 Å². The first-order chi connectivity index (χ1) is 11.2. The molecule has 0 bridgehead atoms. The third-order valence-corrected chi connectivity index (χ3v) is 3.76.